The van der Waals surface area contributed by atoms with Gasteiger partial charge in [-0.15, -0.1) is 0 Å². The third-order valence-electron chi connectivity index (χ3n) is 4.31. The Balaban J connectivity index is 2.61. The first-order valence-electron chi connectivity index (χ1n) is 7.09. The summed E-state index contributed by atoms with van der Waals surface area (Å²) in [6.07, 6.45) is 0.959. The second-order valence-electron chi connectivity index (χ2n) is 5.57. The van der Waals surface area contributed by atoms with Gasteiger partial charge >= 0.3 is 0 Å². The molecule has 20 heavy (non-hydrogen) atoms. The second kappa shape index (κ2) is 5.58. The highest BCUT2D eigenvalue weighted by Crippen LogP contribution is 2.42. The minimum absolute atomic E-state index is 0.110. The molecule has 0 aromatic heterocycles. The van der Waals surface area contributed by atoms with Crippen molar-refractivity contribution in [2.75, 3.05) is 0 Å². The molecule has 2 N–H and O–H groups in total. The summed E-state index contributed by atoms with van der Waals surface area (Å²) < 4.78 is 0. The number of hydrogen-bond acceptors (Lipinski definition) is 2. The highest BCUT2D eigenvalue weighted by atomic mass is 16.3. The summed E-state index contributed by atoms with van der Waals surface area (Å²) in [6.45, 7) is 6.60. The summed E-state index contributed by atoms with van der Waals surface area (Å²) in [4.78, 5) is 0. The molecule has 0 aliphatic carbocycles. The minimum atomic E-state index is -0.110. The van der Waals surface area contributed by atoms with Gasteiger partial charge in [-0.05, 0) is 47.7 Å². The summed E-state index contributed by atoms with van der Waals surface area (Å²) >= 11 is 0. The van der Waals surface area contributed by atoms with Gasteiger partial charge in [-0.3, -0.25) is 0 Å². The van der Waals surface area contributed by atoms with Crippen LogP contribution in [0.2, 0.25) is 0 Å². The Morgan fingerprint density at radius 3 is 1.40 bits per heavy atom. The van der Waals surface area contributed by atoms with E-state index in [1.54, 1.807) is 24.3 Å². The van der Waals surface area contributed by atoms with Crippen molar-refractivity contribution < 1.29 is 10.2 Å². The highest BCUT2D eigenvalue weighted by molar-refractivity contribution is 5.43. The molecule has 2 heteroatoms. The predicted octanol–water partition coefficient (Wildman–Crippen LogP) is 4.45. The fraction of sp³-hybridized carbons (Fsp3) is 0.333. The average molecular weight is 270 g/mol. The van der Waals surface area contributed by atoms with E-state index in [0.717, 1.165) is 6.42 Å². The van der Waals surface area contributed by atoms with Gasteiger partial charge in [0.05, 0.1) is 0 Å². The third kappa shape index (κ3) is 2.38. The van der Waals surface area contributed by atoms with Gasteiger partial charge in [0.15, 0.2) is 0 Å². The van der Waals surface area contributed by atoms with E-state index in [1.165, 1.54) is 11.1 Å². The van der Waals surface area contributed by atoms with Crippen LogP contribution in [0.15, 0.2) is 48.5 Å². The number of aromatic hydroxyl groups is 2. The van der Waals surface area contributed by atoms with Gasteiger partial charge in [0, 0.05) is 5.41 Å². The van der Waals surface area contributed by atoms with Crippen molar-refractivity contribution in [3.63, 3.8) is 0 Å². The van der Waals surface area contributed by atoms with E-state index in [1.807, 2.05) is 24.3 Å². The monoisotopic (exact) mass is 270 g/mol. The number of phenolic OH excluding ortho intramolecular Hbond substituents is 2. The first-order valence-corrected chi connectivity index (χ1v) is 7.09. The largest absolute Gasteiger partial charge is 0.508 e. The Morgan fingerprint density at radius 1 is 0.800 bits per heavy atom. The molecule has 0 heterocycles. The Morgan fingerprint density at radius 2 is 1.15 bits per heavy atom. The third-order valence-corrected chi connectivity index (χ3v) is 4.31. The van der Waals surface area contributed by atoms with E-state index in [4.69, 9.17) is 0 Å². The molecule has 0 aliphatic heterocycles. The van der Waals surface area contributed by atoms with Gasteiger partial charge < -0.3 is 10.2 Å². The fourth-order valence-electron chi connectivity index (χ4n) is 3.17. The van der Waals surface area contributed by atoms with E-state index in [2.05, 4.69) is 20.8 Å². The topological polar surface area (TPSA) is 40.5 Å². The molecule has 0 fully saturated rings. The lowest BCUT2D eigenvalue weighted by molar-refractivity contribution is 0.357. The maximum atomic E-state index is 9.51. The normalized spacial score (nSPS) is 11.8. The van der Waals surface area contributed by atoms with Crippen molar-refractivity contribution in [2.24, 2.45) is 5.92 Å². The molecule has 0 amide bonds. The molecule has 0 aliphatic rings. The molecule has 0 unspecified atom stereocenters. The van der Waals surface area contributed by atoms with Crippen LogP contribution in [0.25, 0.3) is 0 Å². The molecule has 0 saturated heterocycles. The van der Waals surface area contributed by atoms with Crippen LogP contribution in [0.3, 0.4) is 0 Å². The van der Waals surface area contributed by atoms with Gasteiger partial charge in [-0.2, -0.15) is 0 Å². The molecular formula is C18H22O2. The van der Waals surface area contributed by atoms with Crippen LogP contribution in [0.1, 0.15) is 38.3 Å². The Labute approximate surface area is 120 Å². The van der Waals surface area contributed by atoms with Crippen LogP contribution < -0.4 is 0 Å². The van der Waals surface area contributed by atoms with Crippen molar-refractivity contribution in [1.29, 1.82) is 0 Å². The van der Waals surface area contributed by atoms with E-state index >= 15 is 0 Å². The standard InChI is InChI=1S/C18H22O2/c1-4-18(13(2)3,14-5-9-16(19)10-6-14)15-7-11-17(20)12-8-15/h5-13,19-20H,4H2,1-3H3. The van der Waals surface area contributed by atoms with Crippen LogP contribution in [-0.4, -0.2) is 10.2 Å². The lowest BCUT2D eigenvalue weighted by Gasteiger charge is -2.38. The zero-order valence-corrected chi connectivity index (χ0v) is 12.3. The van der Waals surface area contributed by atoms with Gasteiger partial charge in [0.2, 0.25) is 0 Å². The molecule has 2 rings (SSSR count). The maximum absolute atomic E-state index is 9.51. The Kier molecular flexibility index (Phi) is 4.03. The molecule has 2 aromatic carbocycles. The first-order chi connectivity index (χ1) is 9.50. The van der Waals surface area contributed by atoms with Gasteiger partial charge in [-0.1, -0.05) is 45.0 Å². The van der Waals surface area contributed by atoms with Gasteiger partial charge in [0.25, 0.3) is 0 Å². The van der Waals surface area contributed by atoms with E-state index in [-0.39, 0.29) is 16.9 Å². The molecular weight excluding hydrogens is 248 g/mol. The zero-order valence-electron chi connectivity index (χ0n) is 12.3. The molecule has 2 nitrogen and oxygen atoms in total. The van der Waals surface area contributed by atoms with Crippen molar-refractivity contribution in [3.8, 4) is 11.5 Å². The first kappa shape index (κ1) is 14.4. The Hall–Kier alpha value is -1.96. The van der Waals surface area contributed by atoms with Crippen molar-refractivity contribution >= 4 is 0 Å². The molecule has 106 valence electrons. The quantitative estimate of drug-likeness (QED) is 0.861. The minimum Gasteiger partial charge on any atom is -0.508 e. The predicted molar refractivity (Wildman–Crippen MR) is 82.1 cm³/mol. The van der Waals surface area contributed by atoms with Crippen LogP contribution >= 0.6 is 0 Å². The lowest BCUT2D eigenvalue weighted by atomic mass is 9.65. The average Bonchev–Trinajstić information content (AvgIpc) is 2.43. The summed E-state index contributed by atoms with van der Waals surface area (Å²) in [7, 11) is 0. The summed E-state index contributed by atoms with van der Waals surface area (Å²) in [5.41, 5.74) is 2.28. The van der Waals surface area contributed by atoms with Gasteiger partial charge in [-0.25, -0.2) is 0 Å². The molecule has 0 saturated carbocycles. The summed E-state index contributed by atoms with van der Waals surface area (Å²) in [5, 5.41) is 19.0. The SMILES string of the molecule is CCC(c1ccc(O)cc1)(c1ccc(O)cc1)C(C)C. The highest BCUT2D eigenvalue weighted by Gasteiger charge is 2.35. The van der Waals surface area contributed by atoms with Crippen molar-refractivity contribution in [2.45, 2.75) is 32.6 Å². The van der Waals surface area contributed by atoms with E-state index in [9.17, 15) is 10.2 Å². The number of hydrogen-bond donors (Lipinski definition) is 2. The van der Waals surface area contributed by atoms with Crippen molar-refractivity contribution in [3.05, 3.63) is 59.7 Å². The van der Waals surface area contributed by atoms with Crippen LogP contribution in [-0.2, 0) is 5.41 Å². The van der Waals surface area contributed by atoms with Gasteiger partial charge in [0.1, 0.15) is 11.5 Å². The van der Waals surface area contributed by atoms with E-state index < -0.39 is 0 Å². The molecule has 0 bridgehead atoms. The number of phenols is 2. The molecule has 2 aromatic rings. The summed E-state index contributed by atoms with van der Waals surface area (Å²) in [5.74, 6) is 0.975. The van der Waals surface area contributed by atoms with E-state index in [0.29, 0.717) is 5.92 Å². The molecule has 0 spiro atoms. The maximum Gasteiger partial charge on any atom is 0.115 e. The number of benzene rings is 2. The Bertz CT molecular complexity index is 507. The second-order valence-corrected chi connectivity index (χ2v) is 5.57. The van der Waals surface area contributed by atoms with Crippen LogP contribution in [0.5, 0.6) is 11.5 Å². The molecule has 0 radical (unpaired) electrons. The van der Waals surface area contributed by atoms with Crippen LogP contribution in [0, 0.1) is 5.92 Å². The molecule has 0 atom stereocenters. The fourth-order valence-corrected chi connectivity index (χ4v) is 3.17. The lowest BCUT2D eigenvalue weighted by Crippen LogP contribution is -2.33. The van der Waals surface area contributed by atoms with Crippen molar-refractivity contribution in [1.82, 2.24) is 0 Å². The zero-order chi connectivity index (χ0) is 14.8. The van der Waals surface area contributed by atoms with Crippen LogP contribution in [0.4, 0.5) is 0 Å². The smallest absolute Gasteiger partial charge is 0.115 e. The number of rotatable bonds is 4. The summed E-state index contributed by atoms with van der Waals surface area (Å²) in [6, 6.07) is 14.9.